The molecule has 0 aliphatic carbocycles. The number of likely N-dealkylation sites (tertiary alicyclic amines) is 2. The van der Waals surface area contributed by atoms with Gasteiger partial charge in [0.05, 0.1) is 17.1 Å². The molecule has 5 heterocycles. The summed E-state index contributed by atoms with van der Waals surface area (Å²) >= 11 is 1.06. The zero-order valence-corrected chi connectivity index (χ0v) is 28.5. The van der Waals surface area contributed by atoms with E-state index in [1.165, 1.54) is 18.1 Å². The van der Waals surface area contributed by atoms with Crippen molar-refractivity contribution in [1.82, 2.24) is 24.3 Å². The van der Waals surface area contributed by atoms with Gasteiger partial charge in [-0.2, -0.15) is 18.4 Å². The summed E-state index contributed by atoms with van der Waals surface area (Å²) in [5.74, 6) is 0.588. The van der Waals surface area contributed by atoms with Gasteiger partial charge in [0.15, 0.2) is 0 Å². The maximum Gasteiger partial charge on any atom is 0.393 e. The van der Waals surface area contributed by atoms with E-state index in [0.717, 1.165) is 73.4 Å². The third-order valence-corrected chi connectivity index (χ3v) is 12.5. The van der Waals surface area contributed by atoms with Crippen molar-refractivity contribution in [2.45, 2.75) is 82.6 Å². The van der Waals surface area contributed by atoms with Gasteiger partial charge in [0.1, 0.15) is 38.6 Å². The quantitative estimate of drug-likeness (QED) is 0.232. The number of nitrogens with zero attached hydrogens (tertiary/aromatic N) is 6. The summed E-state index contributed by atoms with van der Waals surface area (Å²) < 4.78 is 64.9. The van der Waals surface area contributed by atoms with Gasteiger partial charge in [-0.25, -0.2) is 18.4 Å². The number of aromatic nitrogens is 3. The Kier molecular flexibility index (Phi) is 9.55. The summed E-state index contributed by atoms with van der Waals surface area (Å²) in [7, 11) is -3.03. The van der Waals surface area contributed by atoms with Crippen molar-refractivity contribution in [3.63, 3.8) is 0 Å². The number of hydrogen-bond acceptors (Lipinski definition) is 9. The fourth-order valence-corrected chi connectivity index (χ4v) is 9.17. The normalized spacial score (nSPS) is 18.6. The number of rotatable bonds is 9. The van der Waals surface area contributed by atoms with Gasteiger partial charge >= 0.3 is 6.18 Å². The third kappa shape index (κ3) is 7.58. The lowest BCUT2D eigenvalue weighted by atomic mass is 10.0. The summed E-state index contributed by atoms with van der Waals surface area (Å²) in [6.45, 7) is 8.90. The number of nitrogens with one attached hydrogen (secondary N) is 1. The Morgan fingerprint density at radius 3 is 2.47 bits per heavy atom. The summed E-state index contributed by atoms with van der Waals surface area (Å²) in [5, 5.41) is 14.9. The predicted octanol–water partition coefficient (Wildman–Crippen LogP) is 5.90. The molecule has 0 bridgehead atoms. The highest BCUT2D eigenvalue weighted by atomic mass is 32.2. The number of nitriles is 1. The average molecular weight is 688 g/mol. The highest BCUT2D eigenvalue weighted by Crippen LogP contribution is 2.34. The van der Waals surface area contributed by atoms with Crippen molar-refractivity contribution in [2.24, 2.45) is 0 Å². The van der Waals surface area contributed by atoms with E-state index in [-0.39, 0.29) is 22.2 Å². The van der Waals surface area contributed by atoms with Crippen LogP contribution in [-0.2, 0) is 29.3 Å². The monoisotopic (exact) mass is 687 g/mol. The van der Waals surface area contributed by atoms with Crippen LogP contribution in [0.3, 0.4) is 0 Å². The van der Waals surface area contributed by atoms with Crippen LogP contribution in [0.25, 0.3) is 21.1 Å². The van der Waals surface area contributed by atoms with Crippen LogP contribution in [-0.4, -0.2) is 88.7 Å². The van der Waals surface area contributed by atoms with Crippen LogP contribution in [0.5, 0.6) is 0 Å². The molecule has 0 saturated carbocycles. The van der Waals surface area contributed by atoms with Gasteiger partial charge in [0.25, 0.3) is 0 Å². The number of halogens is 3. The van der Waals surface area contributed by atoms with Crippen LogP contribution in [0, 0.1) is 18.3 Å². The SMILES string of the molecule is Cc1c(CN2CCC(Nc3ncnc4sc(CC(F)(F)F)cc34)CC2)ccc2c1cc(C#N)n2CC(C)N1CCC(S(C)(=O)=O)CC1. The second-order valence-corrected chi connectivity index (χ2v) is 16.5. The number of anilines is 1. The van der Waals surface area contributed by atoms with E-state index in [1.807, 2.05) is 6.07 Å². The van der Waals surface area contributed by atoms with E-state index in [0.29, 0.717) is 41.1 Å². The molecule has 0 radical (unpaired) electrons. The van der Waals surface area contributed by atoms with Crippen molar-refractivity contribution < 1.29 is 21.6 Å². The van der Waals surface area contributed by atoms with Crippen LogP contribution in [0.4, 0.5) is 19.0 Å². The Hall–Kier alpha value is -3.25. The topological polar surface area (TPSA) is 107 Å². The van der Waals surface area contributed by atoms with E-state index in [9.17, 15) is 26.9 Å². The van der Waals surface area contributed by atoms with Crippen LogP contribution in [0.1, 0.15) is 54.3 Å². The standard InChI is InChI=1S/C33H40F3N7O2S2/c1-21(42-12-8-27(9-13-42)47(3,44)45)18-43-25(17-37)14-28-22(2)23(4-5-30(28)43)19-41-10-6-24(7-11-41)40-31-29-15-26(16-33(34,35)36)46-32(29)39-20-38-31/h4-5,14-15,20-21,24,27H,6-13,16,18-19H2,1-3H3,(H,38,39,40). The maximum absolute atomic E-state index is 12.9. The van der Waals surface area contributed by atoms with Crippen LogP contribution in [0.15, 0.2) is 30.6 Å². The van der Waals surface area contributed by atoms with Crippen LogP contribution >= 0.6 is 11.3 Å². The number of piperidine rings is 2. The molecule has 252 valence electrons. The van der Waals surface area contributed by atoms with E-state index in [1.54, 1.807) is 6.07 Å². The van der Waals surface area contributed by atoms with Gasteiger partial charge in [-0.1, -0.05) is 6.07 Å². The molecule has 4 aromatic rings. The van der Waals surface area contributed by atoms with Crippen molar-refractivity contribution in [1.29, 1.82) is 5.26 Å². The Morgan fingerprint density at radius 1 is 1.09 bits per heavy atom. The van der Waals surface area contributed by atoms with Crippen molar-refractivity contribution in [3.8, 4) is 6.07 Å². The summed E-state index contributed by atoms with van der Waals surface area (Å²) in [6.07, 6.45) is 0.533. The molecule has 1 atom stereocenters. The first kappa shape index (κ1) is 33.6. The van der Waals surface area contributed by atoms with Crippen molar-refractivity contribution in [2.75, 3.05) is 37.8 Å². The van der Waals surface area contributed by atoms with Gasteiger partial charge < -0.3 is 9.88 Å². The zero-order valence-electron chi connectivity index (χ0n) is 26.8. The molecule has 0 amide bonds. The van der Waals surface area contributed by atoms with E-state index >= 15 is 0 Å². The molecule has 2 saturated heterocycles. The minimum Gasteiger partial charge on any atom is -0.367 e. The molecular formula is C33H40F3N7O2S2. The van der Waals surface area contributed by atoms with E-state index < -0.39 is 22.4 Å². The predicted molar refractivity (Wildman–Crippen MR) is 179 cm³/mol. The summed E-state index contributed by atoms with van der Waals surface area (Å²) in [6, 6.07) is 10.5. The molecule has 2 fully saturated rings. The second-order valence-electron chi connectivity index (χ2n) is 13.1. The van der Waals surface area contributed by atoms with Crippen molar-refractivity contribution >= 4 is 48.1 Å². The van der Waals surface area contributed by atoms with Crippen LogP contribution < -0.4 is 5.32 Å². The smallest absolute Gasteiger partial charge is 0.367 e. The lowest BCUT2D eigenvalue weighted by molar-refractivity contribution is -0.126. The molecule has 0 spiro atoms. The molecule has 2 aliphatic heterocycles. The molecule has 2 aliphatic rings. The third-order valence-electron chi connectivity index (χ3n) is 9.81. The lowest BCUT2D eigenvalue weighted by Gasteiger charge is -2.35. The minimum absolute atomic E-state index is 0.158. The zero-order chi connectivity index (χ0) is 33.5. The molecular weight excluding hydrogens is 648 g/mol. The highest BCUT2D eigenvalue weighted by molar-refractivity contribution is 7.91. The molecule has 1 aromatic carbocycles. The molecule has 14 heteroatoms. The number of alkyl halides is 3. The van der Waals surface area contributed by atoms with Gasteiger partial charge in [-0.05, 0) is 81.9 Å². The first-order chi connectivity index (χ1) is 22.3. The number of benzene rings is 1. The number of aryl methyl sites for hydroxylation is 1. The van der Waals surface area contributed by atoms with Gasteiger partial charge in [-0.3, -0.25) is 9.80 Å². The van der Waals surface area contributed by atoms with Gasteiger partial charge in [0, 0.05) is 60.3 Å². The van der Waals surface area contributed by atoms with E-state index in [2.05, 4.69) is 61.7 Å². The highest BCUT2D eigenvalue weighted by Gasteiger charge is 2.31. The molecule has 47 heavy (non-hydrogen) atoms. The fraction of sp³-hybridized carbons (Fsp3) is 0.545. The van der Waals surface area contributed by atoms with Gasteiger partial charge in [0.2, 0.25) is 0 Å². The Bertz CT molecular complexity index is 1900. The molecule has 1 unspecified atom stereocenters. The second kappa shape index (κ2) is 13.3. The summed E-state index contributed by atoms with van der Waals surface area (Å²) in [4.78, 5) is 14.1. The molecule has 3 aromatic heterocycles. The first-order valence-electron chi connectivity index (χ1n) is 16.0. The minimum atomic E-state index is -4.26. The Morgan fingerprint density at radius 2 is 1.81 bits per heavy atom. The number of sulfone groups is 1. The summed E-state index contributed by atoms with van der Waals surface area (Å²) in [5.41, 5.74) is 4.04. The molecule has 1 N–H and O–H groups in total. The van der Waals surface area contributed by atoms with Gasteiger partial charge in [-0.15, -0.1) is 11.3 Å². The first-order valence-corrected chi connectivity index (χ1v) is 18.8. The fourth-order valence-electron chi connectivity index (χ4n) is 7.08. The van der Waals surface area contributed by atoms with Crippen LogP contribution in [0.2, 0.25) is 0 Å². The largest absolute Gasteiger partial charge is 0.393 e. The molecule has 9 nitrogen and oxygen atoms in total. The maximum atomic E-state index is 12.9. The average Bonchev–Trinajstić information content (AvgIpc) is 3.59. The van der Waals surface area contributed by atoms with Crippen molar-refractivity contribution in [3.05, 3.63) is 52.3 Å². The number of hydrogen-bond donors (Lipinski definition) is 1. The van der Waals surface area contributed by atoms with E-state index in [4.69, 9.17) is 0 Å². The Labute approximate surface area is 277 Å². The molecule has 6 rings (SSSR count). The number of thiophene rings is 1. The lowest BCUT2D eigenvalue weighted by Crippen LogP contribution is -2.44. The number of fused-ring (bicyclic) bond motifs is 2. The Balaban J connectivity index is 1.08.